The third-order valence-corrected chi connectivity index (χ3v) is 3.85. The summed E-state index contributed by atoms with van der Waals surface area (Å²) in [6.45, 7) is 7.36. The second-order valence-electron chi connectivity index (χ2n) is 7.09. The van der Waals surface area contributed by atoms with Crippen molar-refractivity contribution < 1.29 is 19.1 Å². The van der Waals surface area contributed by atoms with Gasteiger partial charge in [0, 0.05) is 18.2 Å². The molecule has 0 bridgehead atoms. The highest BCUT2D eigenvalue weighted by molar-refractivity contribution is 6.00. The van der Waals surface area contributed by atoms with E-state index in [0.29, 0.717) is 16.8 Å². The van der Waals surface area contributed by atoms with Gasteiger partial charge in [-0.1, -0.05) is 32.9 Å². The van der Waals surface area contributed by atoms with Crippen LogP contribution in [0.2, 0.25) is 0 Å². The molecule has 0 fully saturated rings. The van der Waals surface area contributed by atoms with Crippen LogP contribution in [0, 0.1) is 0 Å². The van der Waals surface area contributed by atoms with Crippen LogP contribution in [0.15, 0.2) is 48.5 Å². The lowest BCUT2D eigenvalue weighted by atomic mass is 9.87. The average molecular weight is 353 g/mol. The van der Waals surface area contributed by atoms with Crippen molar-refractivity contribution in [1.29, 1.82) is 0 Å². The number of benzene rings is 2. The largest absolute Gasteiger partial charge is 0.454 e. The minimum absolute atomic E-state index is 0.00179. The summed E-state index contributed by atoms with van der Waals surface area (Å²) in [7, 11) is 0. The van der Waals surface area contributed by atoms with E-state index in [4.69, 9.17) is 4.74 Å². The maximum absolute atomic E-state index is 12.1. The van der Waals surface area contributed by atoms with Crippen LogP contribution in [-0.2, 0) is 14.9 Å². The molecule has 0 radical (unpaired) electrons. The molecule has 0 saturated heterocycles. The van der Waals surface area contributed by atoms with Crippen molar-refractivity contribution in [3.8, 4) is 0 Å². The molecular weight excluding hydrogens is 330 g/mol. The molecule has 1 N–H and O–H groups in total. The molecule has 0 saturated carbocycles. The summed E-state index contributed by atoms with van der Waals surface area (Å²) >= 11 is 0. The zero-order chi connectivity index (χ0) is 19.3. The Morgan fingerprint density at radius 2 is 1.42 bits per heavy atom. The minimum atomic E-state index is -0.534. The summed E-state index contributed by atoms with van der Waals surface area (Å²) in [5.74, 6) is -1.02. The van der Waals surface area contributed by atoms with Crippen molar-refractivity contribution in [2.24, 2.45) is 0 Å². The first kappa shape index (κ1) is 19.4. The monoisotopic (exact) mass is 353 g/mol. The predicted octanol–water partition coefficient (Wildman–Crippen LogP) is 3.98. The highest BCUT2D eigenvalue weighted by Crippen LogP contribution is 2.22. The number of ketones is 1. The van der Waals surface area contributed by atoms with Gasteiger partial charge in [-0.25, -0.2) is 4.79 Å². The van der Waals surface area contributed by atoms with Gasteiger partial charge in [0.05, 0.1) is 5.56 Å². The fourth-order valence-electron chi connectivity index (χ4n) is 2.35. The van der Waals surface area contributed by atoms with E-state index in [-0.39, 0.29) is 23.7 Å². The molecule has 5 heteroatoms. The summed E-state index contributed by atoms with van der Waals surface area (Å²) in [4.78, 5) is 35.2. The number of Topliss-reactive ketones (excluding diaryl/α,β-unsaturated/α-hetero) is 1. The molecule has 0 aliphatic heterocycles. The molecule has 0 unspecified atom stereocenters. The number of carbonyl (C=O) groups is 3. The SMILES string of the molecule is CC(=O)Nc1ccc(C(=O)COC(=O)c2ccc(C(C)(C)C)cc2)cc1. The Bertz CT molecular complexity index is 799. The number of hydrogen-bond donors (Lipinski definition) is 1. The quantitative estimate of drug-likeness (QED) is 0.652. The third kappa shape index (κ3) is 5.28. The van der Waals surface area contributed by atoms with Gasteiger partial charge in [0.1, 0.15) is 0 Å². The van der Waals surface area contributed by atoms with Gasteiger partial charge in [0.2, 0.25) is 5.91 Å². The van der Waals surface area contributed by atoms with Gasteiger partial charge in [-0.2, -0.15) is 0 Å². The molecule has 0 spiro atoms. The number of esters is 1. The lowest BCUT2D eigenvalue weighted by Crippen LogP contribution is -2.15. The molecule has 1 amide bonds. The molecule has 0 aliphatic carbocycles. The highest BCUT2D eigenvalue weighted by atomic mass is 16.5. The van der Waals surface area contributed by atoms with Crippen molar-refractivity contribution in [3.63, 3.8) is 0 Å². The second kappa shape index (κ2) is 7.95. The van der Waals surface area contributed by atoms with Gasteiger partial charge in [-0.3, -0.25) is 9.59 Å². The lowest BCUT2D eigenvalue weighted by molar-refractivity contribution is -0.114. The molecule has 0 aromatic heterocycles. The van der Waals surface area contributed by atoms with Crippen molar-refractivity contribution in [2.45, 2.75) is 33.1 Å². The number of ether oxygens (including phenoxy) is 1. The van der Waals surface area contributed by atoms with E-state index in [1.54, 1.807) is 36.4 Å². The fraction of sp³-hybridized carbons (Fsp3) is 0.286. The molecule has 2 aromatic carbocycles. The normalized spacial score (nSPS) is 10.9. The van der Waals surface area contributed by atoms with Crippen LogP contribution in [0.5, 0.6) is 0 Å². The number of rotatable bonds is 5. The van der Waals surface area contributed by atoms with Crippen molar-refractivity contribution in [3.05, 3.63) is 65.2 Å². The molecule has 0 heterocycles. The maximum Gasteiger partial charge on any atom is 0.338 e. The topological polar surface area (TPSA) is 72.5 Å². The van der Waals surface area contributed by atoms with E-state index in [1.165, 1.54) is 6.92 Å². The molecule has 5 nitrogen and oxygen atoms in total. The van der Waals surface area contributed by atoms with Crippen LogP contribution in [0.25, 0.3) is 0 Å². The van der Waals surface area contributed by atoms with Crippen LogP contribution in [0.4, 0.5) is 5.69 Å². The second-order valence-corrected chi connectivity index (χ2v) is 7.09. The summed E-state index contributed by atoms with van der Waals surface area (Å²) < 4.78 is 5.11. The van der Waals surface area contributed by atoms with E-state index in [9.17, 15) is 14.4 Å². The van der Waals surface area contributed by atoms with Gasteiger partial charge in [0.15, 0.2) is 12.4 Å². The summed E-state index contributed by atoms with van der Waals surface area (Å²) in [6.07, 6.45) is 0. The lowest BCUT2D eigenvalue weighted by Gasteiger charge is -2.18. The van der Waals surface area contributed by atoms with Crippen molar-refractivity contribution in [2.75, 3.05) is 11.9 Å². The number of hydrogen-bond acceptors (Lipinski definition) is 4. The Kier molecular flexibility index (Phi) is 5.93. The van der Waals surface area contributed by atoms with E-state index in [2.05, 4.69) is 26.1 Å². The number of carbonyl (C=O) groups excluding carboxylic acids is 3. The van der Waals surface area contributed by atoms with E-state index in [0.717, 1.165) is 5.56 Å². The summed E-state index contributed by atoms with van der Waals surface area (Å²) in [5, 5.41) is 2.62. The zero-order valence-electron chi connectivity index (χ0n) is 15.5. The zero-order valence-corrected chi connectivity index (χ0v) is 15.5. The molecular formula is C21H23NO4. The Morgan fingerprint density at radius 3 is 1.92 bits per heavy atom. The summed E-state index contributed by atoms with van der Waals surface area (Å²) in [5.41, 5.74) is 2.54. The van der Waals surface area contributed by atoms with E-state index < -0.39 is 5.97 Å². The first-order valence-corrected chi connectivity index (χ1v) is 8.35. The van der Waals surface area contributed by atoms with Gasteiger partial charge in [-0.15, -0.1) is 0 Å². The first-order chi connectivity index (χ1) is 12.2. The van der Waals surface area contributed by atoms with Crippen LogP contribution in [0.3, 0.4) is 0 Å². The van der Waals surface area contributed by atoms with Gasteiger partial charge in [0.25, 0.3) is 0 Å². The van der Waals surface area contributed by atoms with E-state index in [1.807, 2.05) is 12.1 Å². The van der Waals surface area contributed by atoms with E-state index >= 15 is 0 Å². The Balaban J connectivity index is 1.94. The first-order valence-electron chi connectivity index (χ1n) is 8.35. The van der Waals surface area contributed by atoms with Crippen LogP contribution in [-0.4, -0.2) is 24.3 Å². The molecule has 26 heavy (non-hydrogen) atoms. The molecule has 0 aliphatic rings. The third-order valence-electron chi connectivity index (χ3n) is 3.85. The standard InChI is InChI=1S/C21H23NO4/c1-14(23)22-18-11-7-15(8-12-18)19(24)13-26-20(25)16-5-9-17(10-6-16)21(2,3)4/h5-12H,13H2,1-4H3,(H,22,23). The van der Waals surface area contributed by atoms with Crippen LogP contribution in [0.1, 0.15) is 54.0 Å². The fourth-order valence-corrected chi connectivity index (χ4v) is 2.35. The van der Waals surface area contributed by atoms with Gasteiger partial charge >= 0.3 is 5.97 Å². The number of amides is 1. The van der Waals surface area contributed by atoms with Gasteiger partial charge < -0.3 is 10.1 Å². The van der Waals surface area contributed by atoms with Crippen molar-refractivity contribution >= 4 is 23.3 Å². The average Bonchev–Trinajstić information content (AvgIpc) is 2.59. The highest BCUT2D eigenvalue weighted by Gasteiger charge is 2.16. The molecule has 0 atom stereocenters. The molecule has 2 aromatic rings. The van der Waals surface area contributed by atoms with Crippen LogP contribution >= 0.6 is 0 Å². The Hall–Kier alpha value is -2.95. The Labute approximate surface area is 153 Å². The minimum Gasteiger partial charge on any atom is -0.454 e. The van der Waals surface area contributed by atoms with Gasteiger partial charge in [-0.05, 0) is 47.4 Å². The smallest absolute Gasteiger partial charge is 0.338 e. The summed E-state index contributed by atoms with van der Waals surface area (Å²) in [6, 6.07) is 13.6. The van der Waals surface area contributed by atoms with Crippen LogP contribution < -0.4 is 5.32 Å². The maximum atomic E-state index is 12.1. The number of anilines is 1. The molecule has 136 valence electrons. The molecule has 2 rings (SSSR count). The Morgan fingerprint density at radius 1 is 0.885 bits per heavy atom. The van der Waals surface area contributed by atoms with Crippen molar-refractivity contribution in [1.82, 2.24) is 0 Å². The predicted molar refractivity (Wildman–Crippen MR) is 101 cm³/mol. The number of nitrogens with one attached hydrogen (secondary N) is 1.